The summed E-state index contributed by atoms with van der Waals surface area (Å²) in [4.78, 5) is 8.91. The second-order valence-corrected chi connectivity index (χ2v) is 7.02. The molecule has 0 amide bonds. The predicted molar refractivity (Wildman–Crippen MR) is 113 cm³/mol. The molecule has 1 aromatic carbocycles. The fourth-order valence-electron chi connectivity index (χ4n) is 3.35. The van der Waals surface area contributed by atoms with Crippen LogP contribution >= 0.6 is 36.4 Å². The Morgan fingerprint density at radius 1 is 1.27 bits per heavy atom. The number of piperidine rings is 1. The Kier molecular flexibility index (Phi) is 8.96. The number of benzene rings is 1. The highest BCUT2D eigenvalue weighted by Crippen LogP contribution is 2.22. The number of anilines is 2. The highest BCUT2D eigenvalue weighted by atomic mass is 35.5. The number of hydrogen-bond donors (Lipinski definition) is 2. The summed E-state index contributed by atoms with van der Waals surface area (Å²) in [6, 6.07) is 9.23. The van der Waals surface area contributed by atoms with E-state index in [9.17, 15) is 0 Å². The standard InChI is InChI=1S/C17H25ClN6.2ClH/c1-12(11-13-3-5-14(18)6-4-13)23(2)15-7-9-24(10-8-15)17-20-16(19)21-22-17;;/h3-6,12,15H,7-11H2,1-2H3,(H3,19,20,21,22);2*1H/t12-;;/m1../s1. The molecule has 1 atom stereocenters. The highest BCUT2D eigenvalue weighted by molar-refractivity contribution is 6.30. The van der Waals surface area contributed by atoms with Crippen LogP contribution in [-0.4, -0.2) is 52.3 Å². The van der Waals surface area contributed by atoms with Gasteiger partial charge in [-0.3, -0.25) is 0 Å². The van der Waals surface area contributed by atoms with Crippen molar-refractivity contribution in [3.63, 3.8) is 0 Å². The fraction of sp³-hybridized carbons (Fsp3) is 0.529. The molecule has 0 aliphatic carbocycles. The zero-order chi connectivity index (χ0) is 17.1. The maximum absolute atomic E-state index is 5.96. The van der Waals surface area contributed by atoms with Gasteiger partial charge in [-0.05, 0) is 50.9 Å². The second-order valence-electron chi connectivity index (χ2n) is 6.58. The van der Waals surface area contributed by atoms with Crippen molar-refractivity contribution in [3.8, 4) is 0 Å². The van der Waals surface area contributed by atoms with E-state index in [-0.39, 0.29) is 24.8 Å². The van der Waals surface area contributed by atoms with Gasteiger partial charge in [0, 0.05) is 30.2 Å². The van der Waals surface area contributed by atoms with Gasteiger partial charge in [0.05, 0.1) is 0 Å². The van der Waals surface area contributed by atoms with E-state index in [1.165, 1.54) is 5.56 Å². The summed E-state index contributed by atoms with van der Waals surface area (Å²) in [7, 11) is 2.23. The first-order chi connectivity index (χ1) is 11.5. The van der Waals surface area contributed by atoms with Crippen molar-refractivity contribution in [2.45, 2.75) is 38.3 Å². The van der Waals surface area contributed by atoms with E-state index in [0.717, 1.165) is 37.4 Å². The molecule has 9 heteroatoms. The van der Waals surface area contributed by atoms with Crippen LogP contribution in [0.15, 0.2) is 24.3 Å². The van der Waals surface area contributed by atoms with E-state index >= 15 is 0 Å². The molecular weight excluding hydrogens is 395 g/mol. The molecule has 0 saturated carbocycles. The largest absolute Gasteiger partial charge is 0.368 e. The summed E-state index contributed by atoms with van der Waals surface area (Å²) >= 11 is 5.96. The van der Waals surface area contributed by atoms with Crippen molar-refractivity contribution in [2.24, 2.45) is 0 Å². The SMILES string of the molecule is C[C@H](Cc1ccc(Cl)cc1)N(C)C1CCN(c2n[nH]c(N)n2)CC1.Cl.Cl. The van der Waals surface area contributed by atoms with E-state index in [4.69, 9.17) is 17.3 Å². The lowest BCUT2D eigenvalue weighted by Crippen LogP contribution is -2.47. The number of nitrogens with one attached hydrogen (secondary N) is 1. The number of halogens is 3. The third-order valence-corrected chi connectivity index (χ3v) is 5.21. The molecule has 1 aliphatic rings. The number of H-pyrrole nitrogens is 1. The van der Waals surface area contributed by atoms with Crippen molar-refractivity contribution in [1.29, 1.82) is 0 Å². The molecule has 2 aromatic rings. The van der Waals surface area contributed by atoms with Gasteiger partial charge >= 0.3 is 0 Å². The summed E-state index contributed by atoms with van der Waals surface area (Å²) in [6.45, 7) is 4.21. The Bertz CT molecular complexity index is 655. The maximum atomic E-state index is 5.96. The molecule has 0 radical (unpaired) electrons. The van der Waals surface area contributed by atoms with Crippen molar-refractivity contribution >= 4 is 48.3 Å². The van der Waals surface area contributed by atoms with Gasteiger partial charge in [0.15, 0.2) is 0 Å². The molecule has 0 unspecified atom stereocenters. The lowest BCUT2D eigenvalue weighted by molar-refractivity contribution is 0.157. The van der Waals surface area contributed by atoms with Crippen LogP contribution in [0.25, 0.3) is 0 Å². The number of aromatic nitrogens is 3. The zero-order valence-electron chi connectivity index (χ0n) is 15.1. The zero-order valence-corrected chi connectivity index (χ0v) is 17.4. The minimum absolute atomic E-state index is 0. The first-order valence-corrected chi connectivity index (χ1v) is 8.80. The average molecular weight is 422 g/mol. The Balaban J connectivity index is 0.00000169. The van der Waals surface area contributed by atoms with Crippen LogP contribution in [0, 0.1) is 0 Å². The van der Waals surface area contributed by atoms with Gasteiger partial charge in [0.2, 0.25) is 11.9 Å². The first kappa shape index (κ1) is 22.8. The number of likely N-dealkylation sites (N-methyl/N-ethyl adjacent to an activating group) is 1. The number of aromatic amines is 1. The summed E-state index contributed by atoms with van der Waals surface area (Å²) < 4.78 is 0. The molecule has 0 bridgehead atoms. The van der Waals surface area contributed by atoms with E-state index in [2.05, 4.69) is 51.1 Å². The van der Waals surface area contributed by atoms with Gasteiger partial charge < -0.3 is 15.5 Å². The van der Waals surface area contributed by atoms with Crippen LogP contribution in [-0.2, 0) is 6.42 Å². The second kappa shape index (κ2) is 10.2. The molecule has 26 heavy (non-hydrogen) atoms. The van der Waals surface area contributed by atoms with Crippen molar-refractivity contribution < 1.29 is 0 Å². The third kappa shape index (κ3) is 5.64. The summed E-state index contributed by atoms with van der Waals surface area (Å²) in [5.41, 5.74) is 6.94. The molecule has 0 spiro atoms. The fourth-order valence-corrected chi connectivity index (χ4v) is 3.47. The maximum Gasteiger partial charge on any atom is 0.246 e. The summed E-state index contributed by atoms with van der Waals surface area (Å²) in [6.07, 6.45) is 3.25. The summed E-state index contributed by atoms with van der Waals surface area (Å²) in [5.74, 6) is 1.09. The smallest absolute Gasteiger partial charge is 0.246 e. The number of nitrogens with zero attached hydrogens (tertiary/aromatic N) is 4. The Morgan fingerprint density at radius 2 is 1.88 bits per heavy atom. The van der Waals surface area contributed by atoms with Gasteiger partial charge in [0.25, 0.3) is 0 Å². The molecule has 6 nitrogen and oxygen atoms in total. The van der Waals surface area contributed by atoms with Crippen LogP contribution in [0.1, 0.15) is 25.3 Å². The van der Waals surface area contributed by atoms with Crippen LogP contribution in [0.2, 0.25) is 5.02 Å². The Hall–Kier alpha value is -1.21. The van der Waals surface area contributed by atoms with Gasteiger partial charge in [0.1, 0.15) is 0 Å². The molecule has 2 heterocycles. The van der Waals surface area contributed by atoms with Gasteiger partial charge in [-0.1, -0.05) is 23.7 Å². The molecule has 3 N–H and O–H groups in total. The summed E-state index contributed by atoms with van der Waals surface area (Å²) in [5, 5.41) is 7.64. The van der Waals surface area contributed by atoms with E-state index < -0.39 is 0 Å². The third-order valence-electron chi connectivity index (χ3n) is 4.95. The van der Waals surface area contributed by atoms with Crippen molar-refractivity contribution in [2.75, 3.05) is 30.8 Å². The lowest BCUT2D eigenvalue weighted by Gasteiger charge is -2.39. The molecule has 1 fully saturated rings. The van der Waals surface area contributed by atoms with E-state index in [0.29, 0.717) is 24.0 Å². The van der Waals surface area contributed by atoms with E-state index in [1.807, 2.05) is 12.1 Å². The normalized spacial score (nSPS) is 16.1. The first-order valence-electron chi connectivity index (χ1n) is 8.42. The molecule has 3 rings (SSSR count). The van der Waals surface area contributed by atoms with Gasteiger partial charge in [-0.2, -0.15) is 4.98 Å². The minimum atomic E-state index is 0. The van der Waals surface area contributed by atoms with Crippen LogP contribution in [0.4, 0.5) is 11.9 Å². The molecule has 146 valence electrons. The number of rotatable bonds is 5. The Labute approximate surface area is 172 Å². The lowest BCUT2D eigenvalue weighted by atomic mass is 9.99. The van der Waals surface area contributed by atoms with Crippen LogP contribution < -0.4 is 10.6 Å². The van der Waals surface area contributed by atoms with Gasteiger partial charge in [-0.25, -0.2) is 5.10 Å². The molecule has 1 aliphatic heterocycles. The monoisotopic (exact) mass is 420 g/mol. The molecule has 1 saturated heterocycles. The predicted octanol–water partition coefficient (Wildman–Crippen LogP) is 3.42. The Morgan fingerprint density at radius 3 is 2.42 bits per heavy atom. The molecular formula is C17H27Cl3N6. The van der Waals surface area contributed by atoms with E-state index in [1.54, 1.807) is 0 Å². The highest BCUT2D eigenvalue weighted by Gasteiger charge is 2.26. The number of nitrogen functional groups attached to an aromatic ring is 1. The average Bonchev–Trinajstić information content (AvgIpc) is 3.03. The van der Waals surface area contributed by atoms with Crippen LogP contribution in [0.3, 0.4) is 0 Å². The number of hydrogen-bond acceptors (Lipinski definition) is 5. The van der Waals surface area contributed by atoms with Crippen LogP contribution in [0.5, 0.6) is 0 Å². The molecule has 1 aromatic heterocycles. The quantitative estimate of drug-likeness (QED) is 0.774. The van der Waals surface area contributed by atoms with Crippen molar-refractivity contribution in [3.05, 3.63) is 34.9 Å². The minimum Gasteiger partial charge on any atom is -0.368 e. The number of nitrogens with two attached hydrogens (primary N) is 1. The van der Waals surface area contributed by atoms with Gasteiger partial charge in [-0.15, -0.1) is 29.9 Å². The topological polar surface area (TPSA) is 74.1 Å². The van der Waals surface area contributed by atoms with Crippen molar-refractivity contribution in [1.82, 2.24) is 20.1 Å².